The Morgan fingerprint density at radius 1 is 1.07 bits per heavy atom. The van der Waals surface area contributed by atoms with Crippen molar-refractivity contribution in [3.63, 3.8) is 0 Å². The second-order valence-corrected chi connectivity index (χ2v) is 7.98. The molecule has 0 unspecified atom stereocenters. The van der Waals surface area contributed by atoms with Gasteiger partial charge in [-0.3, -0.25) is 0 Å². The van der Waals surface area contributed by atoms with Gasteiger partial charge in [0.05, 0.1) is 0 Å². The van der Waals surface area contributed by atoms with Gasteiger partial charge in [0.1, 0.15) is 5.75 Å². The maximum Gasteiger partial charge on any atom is 0.344 e. The van der Waals surface area contributed by atoms with Crippen LogP contribution in [-0.4, -0.2) is 36.3 Å². The second kappa shape index (κ2) is 8.76. The van der Waals surface area contributed by atoms with Crippen LogP contribution in [-0.2, 0) is 4.79 Å². The van der Waals surface area contributed by atoms with Gasteiger partial charge in [-0.1, -0.05) is 42.5 Å². The van der Waals surface area contributed by atoms with Gasteiger partial charge >= 0.3 is 5.97 Å². The molecule has 3 aromatic rings. The van der Waals surface area contributed by atoms with Crippen LogP contribution in [0, 0.1) is 0 Å². The first-order chi connectivity index (χ1) is 14.5. The molecule has 0 radical (unpaired) electrons. The van der Waals surface area contributed by atoms with E-state index in [2.05, 4.69) is 59.6 Å². The third-order valence-corrected chi connectivity index (χ3v) is 5.83. The Balaban J connectivity index is 1.38. The summed E-state index contributed by atoms with van der Waals surface area (Å²) < 4.78 is 5.42. The zero-order valence-electron chi connectivity index (χ0n) is 17.4. The van der Waals surface area contributed by atoms with Crippen molar-refractivity contribution >= 4 is 22.4 Å². The minimum Gasteiger partial charge on any atom is -0.479 e. The minimum atomic E-state index is -0.965. The number of carbonyl (C=O) groups is 1. The third kappa shape index (κ3) is 4.41. The molecule has 3 atom stereocenters. The van der Waals surface area contributed by atoms with Gasteiger partial charge in [-0.05, 0) is 60.9 Å². The number of fused-ring (bicyclic) bond motifs is 1. The molecule has 0 bridgehead atoms. The molecule has 0 spiro atoms. The Morgan fingerprint density at radius 3 is 2.57 bits per heavy atom. The standard InChI is InChI=1S/C25H28N2O3/c1-17(23-9-5-7-19-6-3-4-8-24(19)23)26-20-14-15-27(16-20)21-10-12-22(13-11-21)30-18(2)25(28)29/h3-13,17-18,20,26H,14-16H2,1-2H3,(H,28,29)/t17-,18-,20+/m1/s1. The predicted molar refractivity (Wildman–Crippen MR) is 120 cm³/mol. The number of carboxylic acid groups (broad SMARTS) is 1. The molecule has 5 heteroatoms. The van der Waals surface area contributed by atoms with E-state index in [0.29, 0.717) is 11.8 Å². The number of hydrogen-bond donors (Lipinski definition) is 2. The number of ether oxygens (including phenoxy) is 1. The van der Waals surface area contributed by atoms with Crippen molar-refractivity contribution in [2.75, 3.05) is 18.0 Å². The molecule has 0 aromatic heterocycles. The highest BCUT2D eigenvalue weighted by molar-refractivity contribution is 5.86. The number of benzene rings is 3. The largest absolute Gasteiger partial charge is 0.479 e. The SMILES string of the molecule is C[C@@H](Oc1ccc(N2CC[C@H](N[C@H](C)c3cccc4ccccc34)C2)cc1)C(=O)O. The zero-order chi connectivity index (χ0) is 21.1. The lowest BCUT2D eigenvalue weighted by molar-refractivity contribution is -0.144. The Morgan fingerprint density at radius 2 is 1.80 bits per heavy atom. The van der Waals surface area contributed by atoms with Gasteiger partial charge in [0.15, 0.2) is 6.10 Å². The number of nitrogens with one attached hydrogen (secondary N) is 1. The minimum absolute atomic E-state index is 0.273. The van der Waals surface area contributed by atoms with E-state index in [9.17, 15) is 4.79 Å². The highest BCUT2D eigenvalue weighted by Crippen LogP contribution is 2.27. The molecular formula is C25H28N2O3. The normalized spacial score (nSPS) is 18.3. The summed E-state index contributed by atoms with van der Waals surface area (Å²) in [7, 11) is 0. The topological polar surface area (TPSA) is 61.8 Å². The van der Waals surface area contributed by atoms with Crippen molar-refractivity contribution in [2.24, 2.45) is 0 Å². The molecule has 1 heterocycles. The second-order valence-electron chi connectivity index (χ2n) is 7.98. The van der Waals surface area contributed by atoms with Crippen LogP contribution < -0.4 is 15.0 Å². The van der Waals surface area contributed by atoms with Crippen LogP contribution in [0.4, 0.5) is 5.69 Å². The summed E-state index contributed by atoms with van der Waals surface area (Å²) in [4.78, 5) is 13.3. The molecule has 156 valence electrons. The maximum absolute atomic E-state index is 10.9. The Hall–Kier alpha value is -3.05. The van der Waals surface area contributed by atoms with Crippen LogP contribution in [0.3, 0.4) is 0 Å². The summed E-state index contributed by atoms with van der Waals surface area (Å²) in [6.07, 6.45) is 0.232. The lowest BCUT2D eigenvalue weighted by Crippen LogP contribution is -2.34. The van der Waals surface area contributed by atoms with Crippen molar-refractivity contribution in [1.82, 2.24) is 5.32 Å². The summed E-state index contributed by atoms with van der Waals surface area (Å²) in [5, 5.41) is 15.4. The maximum atomic E-state index is 10.9. The zero-order valence-corrected chi connectivity index (χ0v) is 17.4. The van der Waals surface area contributed by atoms with Gasteiger partial charge in [0.2, 0.25) is 0 Å². The van der Waals surface area contributed by atoms with Crippen LogP contribution in [0.25, 0.3) is 10.8 Å². The fourth-order valence-electron chi connectivity index (χ4n) is 4.19. The number of hydrogen-bond acceptors (Lipinski definition) is 4. The molecular weight excluding hydrogens is 376 g/mol. The van der Waals surface area contributed by atoms with E-state index in [4.69, 9.17) is 9.84 Å². The smallest absolute Gasteiger partial charge is 0.344 e. The van der Waals surface area contributed by atoms with Crippen LogP contribution in [0.1, 0.15) is 31.9 Å². The molecule has 5 nitrogen and oxygen atoms in total. The van der Waals surface area contributed by atoms with E-state index in [-0.39, 0.29) is 6.04 Å². The molecule has 1 aliphatic heterocycles. The van der Waals surface area contributed by atoms with Crippen molar-refractivity contribution in [1.29, 1.82) is 0 Å². The predicted octanol–water partition coefficient (Wildman–Crippen LogP) is 4.62. The summed E-state index contributed by atoms with van der Waals surface area (Å²) >= 11 is 0. The van der Waals surface area contributed by atoms with E-state index in [1.807, 2.05) is 24.3 Å². The fraction of sp³-hybridized carbons (Fsp3) is 0.320. The molecule has 1 saturated heterocycles. The molecule has 3 aromatic carbocycles. The lowest BCUT2D eigenvalue weighted by atomic mass is 9.99. The van der Waals surface area contributed by atoms with E-state index in [1.54, 1.807) is 0 Å². The molecule has 0 amide bonds. The number of nitrogens with zero attached hydrogens (tertiary/aromatic N) is 1. The van der Waals surface area contributed by atoms with E-state index < -0.39 is 12.1 Å². The van der Waals surface area contributed by atoms with Crippen LogP contribution in [0.15, 0.2) is 66.7 Å². The van der Waals surface area contributed by atoms with E-state index >= 15 is 0 Å². The summed E-state index contributed by atoms with van der Waals surface area (Å²) in [5.74, 6) is -0.389. The van der Waals surface area contributed by atoms with Crippen molar-refractivity contribution in [3.05, 3.63) is 72.3 Å². The molecule has 2 N–H and O–H groups in total. The molecule has 1 aliphatic rings. The van der Waals surface area contributed by atoms with Crippen LogP contribution in [0.5, 0.6) is 5.75 Å². The summed E-state index contributed by atoms with van der Waals surface area (Å²) in [5.41, 5.74) is 2.47. The molecule has 1 fully saturated rings. The van der Waals surface area contributed by atoms with Crippen molar-refractivity contribution < 1.29 is 14.6 Å². The van der Waals surface area contributed by atoms with Crippen molar-refractivity contribution in [3.8, 4) is 5.75 Å². The molecule has 0 aliphatic carbocycles. The van der Waals surface area contributed by atoms with Crippen molar-refractivity contribution in [2.45, 2.75) is 38.5 Å². The average molecular weight is 405 g/mol. The third-order valence-electron chi connectivity index (χ3n) is 5.83. The first-order valence-electron chi connectivity index (χ1n) is 10.5. The Labute approximate surface area is 177 Å². The van der Waals surface area contributed by atoms with Gasteiger partial charge in [-0.2, -0.15) is 0 Å². The number of rotatable bonds is 7. The van der Waals surface area contributed by atoms with Crippen LogP contribution in [0.2, 0.25) is 0 Å². The first-order valence-corrected chi connectivity index (χ1v) is 10.5. The first kappa shape index (κ1) is 20.2. The molecule has 4 rings (SSSR count). The monoisotopic (exact) mass is 404 g/mol. The quantitative estimate of drug-likeness (QED) is 0.602. The van der Waals surface area contributed by atoms with Crippen LogP contribution >= 0.6 is 0 Å². The van der Waals surface area contributed by atoms with Gasteiger partial charge in [0, 0.05) is 30.9 Å². The Bertz CT molecular complexity index is 1010. The highest BCUT2D eigenvalue weighted by atomic mass is 16.5. The summed E-state index contributed by atoms with van der Waals surface area (Å²) in [6, 6.07) is 23.4. The van der Waals surface area contributed by atoms with Gasteiger partial charge in [-0.15, -0.1) is 0 Å². The average Bonchev–Trinajstić information content (AvgIpc) is 3.22. The number of carboxylic acids is 1. The van der Waals surface area contributed by atoms with Gasteiger partial charge in [-0.25, -0.2) is 4.79 Å². The Kier molecular flexibility index (Phi) is 5.91. The number of aliphatic carboxylic acids is 1. The van der Waals surface area contributed by atoms with E-state index in [0.717, 1.165) is 25.2 Å². The molecule has 30 heavy (non-hydrogen) atoms. The highest BCUT2D eigenvalue weighted by Gasteiger charge is 2.24. The lowest BCUT2D eigenvalue weighted by Gasteiger charge is -2.23. The van der Waals surface area contributed by atoms with Gasteiger partial charge in [0.25, 0.3) is 0 Å². The fourth-order valence-corrected chi connectivity index (χ4v) is 4.19. The van der Waals surface area contributed by atoms with Gasteiger partial charge < -0.3 is 20.1 Å². The summed E-state index contributed by atoms with van der Waals surface area (Å²) in [6.45, 7) is 5.71. The number of anilines is 1. The van der Waals surface area contributed by atoms with E-state index in [1.165, 1.54) is 23.3 Å². The molecule has 0 saturated carbocycles.